The first-order chi connectivity index (χ1) is 11.9. The lowest BCUT2D eigenvalue weighted by molar-refractivity contribution is -0.139. The van der Waals surface area contributed by atoms with E-state index in [0.29, 0.717) is 11.1 Å². The molecule has 0 spiro atoms. The van der Waals surface area contributed by atoms with Gasteiger partial charge in [-0.15, -0.1) is 0 Å². The van der Waals surface area contributed by atoms with Crippen LogP contribution < -0.4 is 5.32 Å². The summed E-state index contributed by atoms with van der Waals surface area (Å²) in [4.78, 5) is 23.4. The maximum atomic E-state index is 12.3. The first-order valence-corrected chi connectivity index (χ1v) is 8.84. The smallest absolute Gasteiger partial charge is 0.481 e. The summed E-state index contributed by atoms with van der Waals surface area (Å²) in [5.74, 6) is -1.97. The normalized spacial score (nSPS) is 19.4. The largest absolute Gasteiger partial charge is 0.483 e. The van der Waals surface area contributed by atoms with E-state index in [9.17, 15) is 14.6 Å². The number of fused-ring (bicyclic) bond motifs is 1. The van der Waals surface area contributed by atoms with Crippen LogP contribution in [0, 0.1) is 6.92 Å². The van der Waals surface area contributed by atoms with Gasteiger partial charge in [-0.3, -0.25) is 9.59 Å². The third-order valence-corrected chi connectivity index (χ3v) is 4.87. The number of hydrogen-bond donors (Lipinski definition) is 3. The Labute approximate surface area is 149 Å². The van der Waals surface area contributed by atoms with Crippen LogP contribution in [0.25, 0.3) is 0 Å². The van der Waals surface area contributed by atoms with E-state index < -0.39 is 25.1 Å². The molecule has 1 aromatic heterocycles. The lowest BCUT2D eigenvalue weighted by Gasteiger charge is -2.33. The fourth-order valence-corrected chi connectivity index (χ4v) is 3.67. The van der Waals surface area contributed by atoms with Gasteiger partial charge in [0.05, 0.1) is 24.9 Å². The van der Waals surface area contributed by atoms with Crippen LogP contribution in [-0.2, 0) is 20.7 Å². The summed E-state index contributed by atoms with van der Waals surface area (Å²) >= 11 is 1.51. The monoisotopic (exact) mass is 359 g/mol. The standard InChI is InChI=1S/C17H18BNO5S/c1-10-2-3-12-13(6-10)14(8-16(21)22)24-18(23)17(12)19-15(20)7-11-4-5-25-9-11/h2-6,9,14,17,23H,7-8H2,1H3,(H,19,20)(H,21,22). The van der Waals surface area contributed by atoms with Crippen molar-refractivity contribution in [2.75, 3.05) is 0 Å². The summed E-state index contributed by atoms with van der Waals surface area (Å²) in [7, 11) is -1.30. The first kappa shape index (κ1) is 17.7. The van der Waals surface area contributed by atoms with Gasteiger partial charge in [0.15, 0.2) is 0 Å². The number of thiophene rings is 1. The highest BCUT2D eigenvalue weighted by molar-refractivity contribution is 7.08. The minimum absolute atomic E-state index is 0.215. The number of benzene rings is 1. The van der Waals surface area contributed by atoms with Crippen molar-refractivity contribution in [3.63, 3.8) is 0 Å². The van der Waals surface area contributed by atoms with Crippen molar-refractivity contribution in [1.82, 2.24) is 5.32 Å². The lowest BCUT2D eigenvalue weighted by atomic mass is 9.69. The van der Waals surface area contributed by atoms with Crippen LogP contribution in [-0.4, -0.2) is 29.1 Å². The number of aliphatic carboxylic acids is 1. The summed E-state index contributed by atoms with van der Waals surface area (Å²) in [6.45, 7) is 1.90. The van der Waals surface area contributed by atoms with E-state index in [4.69, 9.17) is 9.76 Å². The van der Waals surface area contributed by atoms with Gasteiger partial charge in [-0.25, -0.2) is 0 Å². The number of aryl methyl sites for hydroxylation is 1. The number of rotatable bonds is 5. The van der Waals surface area contributed by atoms with E-state index in [1.807, 2.05) is 35.9 Å². The molecule has 25 heavy (non-hydrogen) atoms. The Balaban J connectivity index is 1.84. The molecule has 1 aliphatic heterocycles. The predicted molar refractivity (Wildman–Crippen MR) is 94.1 cm³/mol. The Hall–Kier alpha value is -2.16. The Bertz CT molecular complexity index is 779. The molecule has 0 aliphatic carbocycles. The number of carboxylic acid groups (broad SMARTS) is 1. The quantitative estimate of drug-likeness (QED) is 0.710. The van der Waals surface area contributed by atoms with E-state index in [1.54, 1.807) is 6.07 Å². The maximum Gasteiger partial charge on any atom is 0.483 e. The number of hydrogen-bond acceptors (Lipinski definition) is 5. The molecule has 2 heterocycles. The fourth-order valence-electron chi connectivity index (χ4n) is 3.00. The van der Waals surface area contributed by atoms with E-state index in [0.717, 1.165) is 11.1 Å². The molecule has 2 atom stereocenters. The van der Waals surface area contributed by atoms with E-state index in [1.165, 1.54) is 11.3 Å². The molecule has 1 aromatic carbocycles. The van der Waals surface area contributed by atoms with Crippen molar-refractivity contribution >= 4 is 30.3 Å². The highest BCUT2D eigenvalue weighted by Crippen LogP contribution is 2.36. The zero-order chi connectivity index (χ0) is 18.0. The molecule has 6 nitrogen and oxygen atoms in total. The second-order valence-corrected chi connectivity index (χ2v) is 6.88. The molecule has 2 unspecified atom stereocenters. The topological polar surface area (TPSA) is 95.9 Å². The predicted octanol–water partition coefficient (Wildman–Crippen LogP) is 2.02. The molecule has 3 rings (SSSR count). The molecule has 8 heteroatoms. The molecule has 0 radical (unpaired) electrons. The minimum atomic E-state index is -1.30. The molecule has 1 aliphatic rings. The summed E-state index contributed by atoms with van der Waals surface area (Å²) < 4.78 is 5.49. The van der Waals surface area contributed by atoms with Gasteiger partial charge in [-0.05, 0) is 40.4 Å². The van der Waals surface area contributed by atoms with Gasteiger partial charge in [0.2, 0.25) is 5.91 Å². The SMILES string of the molecule is Cc1ccc2c(c1)C(CC(=O)O)OB(O)C2NC(=O)Cc1ccsc1. The molecule has 0 bridgehead atoms. The van der Waals surface area contributed by atoms with Crippen molar-refractivity contribution in [3.8, 4) is 0 Å². The van der Waals surface area contributed by atoms with Crippen LogP contribution in [0.2, 0.25) is 0 Å². The highest BCUT2D eigenvalue weighted by Gasteiger charge is 2.40. The molecule has 0 saturated heterocycles. The zero-order valence-electron chi connectivity index (χ0n) is 13.6. The molecule has 1 amide bonds. The Morgan fingerprint density at radius 3 is 2.80 bits per heavy atom. The second-order valence-electron chi connectivity index (χ2n) is 6.10. The highest BCUT2D eigenvalue weighted by atomic mass is 32.1. The minimum Gasteiger partial charge on any atom is -0.481 e. The number of carbonyl (C=O) groups is 2. The van der Waals surface area contributed by atoms with Gasteiger partial charge in [0.1, 0.15) is 0 Å². The van der Waals surface area contributed by atoms with Crippen LogP contribution in [0.5, 0.6) is 0 Å². The Morgan fingerprint density at radius 1 is 1.32 bits per heavy atom. The number of amides is 1. The summed E-state index contributed by atoms with van der Waals surface area (Å²) in [6.07, 6.45) is -0.775. The van der Waals surface area contributed by atoms with Crippen molar-refractivity contribution < 1.29 is 24.4 Å². The average molecular weight is 359 g/mol. The van der Waals surface area contributed by atoms with Gasteiger partial charge >= 0.3 is 13.1 Å². The third-order valence-electron chi connectivity index (χ3n) is 4.13. The lowest BCUT2D eigenvalue weighted by Crippen LogP contribution is -2.45. The Morgan fingerprint density at radius 2 is 2.12 bits per heavy atom. The molecular formula is C17H18BNO5S. The summed E-state index contributed by atoms with van der Waals surface area (Å²) in [5.41, 5.74) is 3.24. The second kappa shape index (κ2) is 7.39. The van der Waals surface area contributed by atoms with Crippen molar-refractivity contribution in [2.24, 2.45) is 0 Å². The van der Waals surface area contributed by atoms with Gasteiger partial charge in [-0.2, -0.15) is 11.3 Å². The summed E-state index contributed by atoms with van der Waals surface area (Å²) in [5, 5.41) is 26.0. The molecule has 0 saturated carbocycles. The molecule has 0 fully saturated rings. The number of nitrogens with one attached hydrogen (secondary N) is 1. The van der Waals surface area contributed by atoms with Gasteiger partial charge < -0.3 is 20.1 Å². The van der Waals surface area contributed by atoms with Crippen LogP contribution in [0.1, 0.15) is 40.7 Å². The van der Waals surface area contributed by atoms with Crippen LogP contribution in [0.4, 0.5) is 0 Å². The van der Waals surface area contributed by atoms with Crippen LogP contribution in [0.3, 0.4) is 0 Å². The first-order valence-electron chi connectivity index (χ1n) is 7.90. The van der Waals surface area contributed by atoms with E-state index in [-0.39, 0.29) is 18.7 Å². The van der Waals surface area contributed by atoms with E-state index >= 15 is 0 Å². The van der Waals surface area contributed by atoms with Gasteiger partial charge in [0.25, 0.3) is 0 Å². The van der Waals surface area contributed by atoms with Gasteiger partial charge in [0, 0.05) is 0 Å². The van der Waals surface area contributed by atoms with Crippen LogP contribution >= 0.6 is 11.3 Å². The van der Waals surface area contributed by atoms with Crippen molar-refractivity contribution in [2.45, 2.75) is 31.8 Å². The average Bonchev–Trinajstić information content (AvgIpc) is 3.03. The van der Waals surface area contributed by atoms with Crippen molar-refractivity contribution in [3.05, 3.63) is 57.3 Å². The molecule has 3 N–H and O–H groups in total. The number of carboxylic acids is 1. The third kappa shape index (κ3) is 4.09. The number of carbonyl (C=O) groups excluding carboxylic acids is 1. The fraction of sp³-hybridized carbons (Fsp3) is 0.294. The van der Waals surface area contributed by atoms with Crippen LogP contribution in [0.15, 0.2) is 35.0 Å². The van der Waals surface area contributed by atoms with Crippen molar-refractivity contribution in [1.29, 1.82) is 0 Å². The van der Waals surface area contributed by atoms with Gasteiger partial charge in [-0.1, -0.05) is 23.8 Å². The summed E-state index contributed by atoms with van der Waals surface area (Å²) in [6, 6.07) is 7.39. The molecule has 2 aromatic rings. The maximum absolute atomic E-state index is 12.3. The Kier molecular flexibility index (Phi) is 5.22. The molecular weight excluding hydrogens is 341 g/mol. The molecule has 130 valence electrons. The van der Waals surface area contributed by atoms with E-state index in [2.05, 4.69) is 5.32 Å². The zero-order valence-corrected chi connectivity index (χ0v) is 14.5.